The summed E-state index contributed by atoms with van der Waals surface area (Å²) >= 11 is 0. The molecule has 2 N–H and O–H groups in total. The summed E-state index contributed by atoms with van der Waals surface area (Å²) in [5.41, 5.74) is 0. The Labute approximate surface area is 75.9 Å². The summed E-state index contributed by atoms with van der Waals surface area (Å²) in [4.78, 5) is 12.1. The van der Waals surface area contributed by atoms with Gasteiger partial charge in [-0.2, -0.15) is 0 Å². The Balaban J connectivity index is 2.34. The summed E-state index contributed by atoms with van der Waals surface area (Å²) in [5, 5.41) is 18.0. The van der Waals surface area contributed by atoms with E-state index in [1.807, 2.05) is 0 Å². The van der Waals surface area contributed by atoms with Crippen molar-refractivity contribution in [3.05, 3.63) is 10.1 Å². The zero-order valence-corrected chi connectivity index (χ0v) is 7.49. The van der Waals surface area contributed by atoms with Gasteiger partial charge in [0.1, 0.15) is 5.10 Å². The minimum absolute atomic E-state index is 0.234. The second-order valence-electron chi connectivity index (χ2n) is 2.75. The predicted octanol–water partition coefficient (Wildman–Crippen LogP) is -0.646. The minimum Gasteiger partial charge on any atom is -0.338 e. The van der Waals surface area contributed by atoms with E-state index in [1.54, 1.807) is 0 Å². The van der Waals surface area contributed by atoms with Gasteiger partial charge in [0.15, 0.2) is 5.03 Å². The van der Waals surface area contributed by atoms with E-state index in [4.69, 9.17) is 0 Å². The molecule has 13 heavy (non-hydrogen) atoms. The molecule has 1 fully saturated rings. The second-order valence-corrected chi connectivity index (χ2v) is 2.75. The maximum atomic E-state index is 10.00. The van der Waals surface area contributed by atoms with Crippen LogP contribution >= 0.6 is 0 Å². The molecule has 0 aromatic rings. The second kappa shape index (κ2) is 4.61. The lowest BCUT2D eigenvalue weighted by Crippen LogP contribution is -2.55. The van der Waals surface area contributed by atoms with Crippen LogP contribution < -0.4 is 10.6 Å². The topological polar surface area (TPSA) is 82.8 Å². The molecular formula is C6H13N5O2. The lowest BCUT2D eigenvalue weighted by atomic mass is 10.4. The SMILES string of the molecule is CCCN1CNC(=N[N+](=O)[O-])NC1. The molecule has 0 unspecified atom stereocenters. The Morgan fingerprint density at radius 1 is 1.62 bits per heavy atom. The van der Waals surface area contributed by atoms with Crippen molar-refractivity contribution >= 4 is 5.96 Å². The highest BCUT2D eigenvalue weighted by Crippen LogP contribution is 1.91. The Bertz CT molecular complexity index is 207. The summed E-state index contributed by atoms with van der Waals surface area (Å²) in [5.74, 6) is 0.234. The van der Waals surface area contributed by atoms with E-state index in [-0.39, 0.29) is 5.96 Å². The third kappa shape index (κ3) is 3.24. The van der Waals surface area contributed by atoms with Gasteiger partial charge in [-0.1, -0.05) is 6.92 Å². The van der Waals surface area contributed by atoms with Crippen LogP contribution in [0.3, 0.4) is 0 Å². The van der Waals surface area contributed by atoms with Crippen LogP contribution in [0.25, 0.3) is 0 Å². The lowest BCUT2D eigenvalue weighted by Gasteiger charge is -2.28. The molecule has 0 aliphatic carbocycles. The van der Waals surface area contributed by atoms with Crippen molar-refractivity contribution in [2.75, 3.05) is 19.9 Å². The molecule has 0 saturated carbocycles. The average molecular weight is 187 g/mol. The van der Waals surface area contributed by atoms with Gasteiger partial charge < -0.3 is 10.6 Å². The zero-order valence-electron chi connectivity index (χ0n) is 7.49. The number of rotatable bonds is 3. The molecular weight excluding hydrogens is 174 g/mol. The number of nitro groups is 1. The Morgan fingerprint density at radius 3 is 2.69 bits per heavy atom. The van der Waals surface area contributed by atoms with Gasteiger partial charge in [-0.15, -0.1) is 0 Å². The molecule has 0 radical (unpaired) electrons. The van der Waals surface area contributed by atoms with Crippen LogP contribution in [0, 0.1) is 10.1 Å². The molecule has 7 nitrogen and oxygen atoms in total. The normalized spacial score (nSPS) is 17.5. The van der Waals surface area contributed by atoms with Crippen LogP contribution in [0.5, 0.6) is 0 Å². The van der Waals surface area contributed by atoms with Crippen LogP contribution in [0.4, 0.5) is 0 Å². The fraction of sp³-hybridized carbons (Fsp3) is 0.833. The van der Waals surface area contributed by atoms with Crippen LogP contribution in [0.2, 0.25) is 0 Å². The highest BCUT2D eigenvalue weighted by Gasteiger charge is 2.14. The van der Waals surface area contributed by atoms with Crippen molar-refractivity contribution in [1.82, 2.24) is 15.5 Å². The van der Waals surface area contributed by atoms with Crippen molar-refractivity contribution < 1.29 is 5.03 Å². The first-order valence-corrected chi connectivity index (χ1v) is 4.15. The van der Waals surface area contributed by atoms with E-state index >= 15 is 0 Å². The van der Waals surface area contributed by atoms with Gasteiger partial charge in [-0.05, 0) is 6.42 Å². The molecule has 0 aromatic carbocycles. The van der Waals surface area contributed by atoms with E-state index < -0.39 is 5.03 Å². The van der Waals surface area contributed by atoms with E-state index in [2.05, 4.69) is 27.6 Å². The van der Waals surface area contributed by atoms with Crippen molar-refractivity contribution in [3.63, 3.8) is 0 Å². The van der Waals surface area contributed by atoms with Gasteiger partial charge in [0.2, 0.25) is 0 Å². The van der Waals surface area contributed by atoms with Gasteiger partial charge in [0, 0.05) is 6.54 Å². The third-order valence-corrected chi connectivity index (χ3v) is 1.66. The molecule has 1 rings (SSSR count). The van der Waals surface area contributed by atoms with Crippen molar-refractivity contribution in [2.24, 2.45) is 5.10 Å². The molecule has 74 valence electrons. The molecule has 0 spiro atoms. The Kier molecular flexibility index (Phi) is 3.44. The van der Waals surface area contributed by atoms with Gasteiger partial charge in [-0.3, -0.25) is 4.90 Å². The standard InChI is InChI=1S/C6H13N5O2/c1-2-3-10-4-7-6(8-5-10)9-11(12)13/h2-5H2,1H3,(H2,7,8,9). The third-order valence-electron chi connectivity index (χ3n) is 1.66. The highest BCUT2D eigenvalue weighted by molar-refractivity contribution is 5.79. The Morgan fingerprint density at radius 2 is 2.23 bits per heavy atom. The molecule has 7 heteroatoms. The van der Waals surface area contributed by atoms with Gasteiger partial charge in [-0.25, -0.2) is 10.1 Å². The van der Waals surface area contributed by atoms with E-state index in [9.17, 15) is 10.1 Å². The number of hydrazone groups is 1. The Hall–Kier alpha value is -1.37. The lowest BCUT2D eigenvalue weighted by molar-refractivity contribution is -0.485. The molecule has 1 aliphatic heterocycles. The monoisotopic (exact) mass is 187 g/mol. The summed E-state index contributed by atoms with van der Waals surface area (Å²) in [6.07, 6.45) is 1.06. The molecule has 1 saturated heterocycles. The average Bonchev–Trinajstić information content (AvgIpc) is 2.08. The van der Waals surface area contributed by atoms with Crippen molar-refractivity contribution in [1.29, 1.82) is 0 Å². The molecule has 0 aromatic heterocycles. The fourth-order valence-electron chi connectivity index (χ4n) is 1.12. The molecule has 1 aliphatic rings. The summed E-state index contributed by atoms with van der Waals surface area (Å²) in [7, 11) is 0. The van der Waals surface area contributed by atoms with Crippen LogP contribution in [0.15, 0.2) is 5.10 Å². The largest absolute Gasteiger partial charge is 0.338 e. The number of hydrogen-bond donors (Lipinski definition) is 2. The van der Waals surface area contributed by atoms with E-state index in [1.165, 1.54) is 0 Å². The highest BCUT2D eigenvalue weighted by atomic mass is 16.7. The number of guanidine groups is 1. The molecule has 0 atom stereocenters. The van der Waals surface area contributed by atoms with Gasteiger partial charge in [0.25, 0.3) is 5.96 Å². The summed E-state index contributed by atoms with van der Waals surface area (Å²) in [6, 6.07) is 0. The van der Waals surface area contributed by atoms with Crippen molar-refractivity contribution in [3.8, 4) is 0 Å². The number of nitrogens with zero attached hydrogens (tertiary/aromatic N) is 3. The first-order chi connectivity index (χ1) is 6.22. The predicted molar refractivity (Wildman–Crippen MR) is 47.4 cm³/mol. The maximum Gasteiger partial charge on any atom is 0.270 e. The first-order valence-electron chi connectivity index (χ1n) is 4.15. The maximum absolute atomic E-state index is 10.00. The van der Waals surface area contributed by atoms with Crippen LogP contribution in [-0.2, 0) is 0 Å². The summed E-state index contributed by atoms with van der Waals surface area (Å²) < 4.78 is 0. The quantitative estimate of drug-likeness (QED) is 0.453. The summed E-state index contributed by atoms with van der Waals surface area (Å²) in [6.45, 7) is 4.26. The zero-order chi connectivity index (χ0) is 9.68. The van der Waals surface area contributed by atoms with Crippen molar-refractivity contribution in [2.45, 2.75) is 13.3 Å². The van der Waals surface area contributed by atoms with Crippen LogP contribution in [-0.4, -0.2) is 35.8 Å². The molecule has 0 amide bonds. The minimum atomic E-state index is -0.717. The first kappa shape index (κ1) is 9.72. The van der Waals surface area contributed by atoms with E-state index in [0.29, 0.717) is 13.3 Å². The molecule has 0 bridgehead atoms. The number of hydrogen-bond acceptors (Lipinski definition) is 3. The number of nitrogens with one attached hydrogen (secondary N) is 2. The molecule has 1 heterocycles. The van der Waals surface area contributed by atoms with Gasteiger partial charge in [0.05, 0.1) is 13.3 Å². The van der Waals surface area contributed by atoms with Gasteiger partial charge >= 0.3 is 0 Å². The fourth-order valence-corrected chi connectivity index (χ4v) is 1.12. The van der Waals surface area contributed by atoms with E-state index in [0.717, 1.165) is 13.0 Å². The smallest absolute Gasteiger partial charge is 0.270 e. The van der Waals surface area contributed by atoms with Crippen LogP contribution in [0.1, 0.15) is 13.3 Å².